The molecule has 2 aromatic carbocycles. The van der Waals surface area contributed by atoms with Crippen molar-refractivity contribution in [3.63, 3.8) is 0 Å². The molecule has 1 unspecified atom stereocenters. The average Bonchev–Trinajstić information content (AvgIpc) is 3.00. The van der Waals surface area contributed by atoms with Crippen molar-refractivity contribution in [1.82, 2.24) is 14.4 Å². The Labute approximate surface area is 171 Å². The van der Waals surface area contributed by atoms with Crippen LogP contribution in [0.2, 0.25) is 0 Å². The molecule has 3 aromatic rings. The van der Waals surface area contributed by atoms with Gasteiger partial charge >= 0.3 is 0 Å². The van der Waals surface area contributed by atoms with E-state index in [1.54, 1.807) is 0 Å². The third kappa shape index (κ3) is 3.77. The molecule has 2 amide bonds. The second kappa shape index (κ2) is 8.11. The van der Waals surface area contributed by atoms with Crippen molar-refractivity contribution < 1.29 is 9.59 Å². The number of carbonyl (C=O) groups excluding carboxylic acids is 2. The van der Waals surface area contributed by atoms with Crippen molar-refractivity contribution in [1.29, 1.82) is 0 Å². The number of carbonyl (C=O) groups is 2. The lowest BCUT2D eigenvalue weighted by molar-refractivity contribution is -0.133. The van der Waals surface area contributed by atoms with Crippen LogP contribution >= 0.6 is 0 Å². The number of rotatable bonds is 4. The van der Waals surface area contributed by atoms with E-state index in [2.05, 4.69) is 6.92 Å². The van der Waals surface area contributed by atoms with Gasteiger partial charge < -0.3 is 14.4 Å². The molecule has 150 valence electrons. The summed E-state index contributed by atoms with van der Waals surface area (Å²) in [7, 11) is 1.93. The fourth-order valence-corrected chi connectivity index (χ4v) is 4.21. The zero-order valence-electron chi connectivity index (χ0n) is 17.0. The van der Waals surface area contributed by atoms with E-state index in [0.717, 1.165) is 22.9 Å². The van der Waals surface area contributed by atoms with Gasteiger partial charge in [0.25, 0.3) is 5.91 Å². The molecule has 29 heavy (non-hydrogen) atoms. The van der Waals surface area contributed by atoms with Gasteiger partial charge in [0.2, 0.25) is 5.91 Å². The van der Waals surface area contributed by atoms with Gasteiger partial charge in [0.05, 0.1) is 0 Å². The third-order valence-electron chi connectivity index (χ3n) is 5.91. The van der Waals surface area contributed by atoms with Gasteiger partial charge in [-0.15, -0.1) is 0 Å². The Morgan fingerprint density at radius 3 is 2.52 bits per heavy atom. The Hall–Kier alpha value is -3.08. The second-order valence-electron chi connectivity index (χ2n) is 7.72. The molecule has 1 aliphatic heterocycles. The fourth-order valence-electron chi connectivity index (χ4n) is 4.21. The number of hydrogen-bond acceptors (Lipinski definition) is 2. The Morgan fingerprint density at radius 1 is 1.07 bits per heavy atom. The van der Waals surface area contributed by atoms with E-state index in [9.17, 15) is 9.59 Å². The normalized spacial score (nSPS) is 17.6. The molecule has 0 N–H and O–H groups in total. The van der Waals surface area contributed by atoms with Gasteiger partial charge in [-0.25, -0.2) is 0 Å². The Morgan fingerprint density at radius 2 is 1.79 bits per heavy atom. The van der Waals surface area contributed by atoms with Crippen LogP contribution in [0.3, 0.4) is 0 Å². The maximum Gasteiger partial charge on any atom is 0.270 e. The SMILES string of the molecule is CCC1CN(C(=O)c2cc3ccccc3n2C)CCC(=O)N1Cc1ccccc1. The molecule has 1 atom stereocenters. The topological polar surface area (TPSA) is 45.6 Å². The lowest BCUT2D eigenvalue weighted by atomic mass is 10.1. The standard InChI is InChI=1S/C24H27N3O2/c1-3-20-17-26(14-13-23(28)27(20)16-18-9-5-4-6-10-18)24(29)22-15-19-11-7-8-12-21(19)25(22)2/h4-12,15,20H,3,13-14,16-17H2,1-2H3. The zero-order chi connectivity index (χ0) is 20.4. The molecular formula is C24H27N3O2. The Balaban J connectivity index is 1.58. The first-order chi connectivity index (χ1) is 14.1. The zero-order valence-corrected chi connectivity index (χ0v) is 17.0. The summed E-state index contributed by atoms with van der Waals surface area (Å²) in [5.74, 6) is 0.115. The van der Waals surface area contributed by atoms with Crippen LogP contribution in [0, 0.1) is 0 Å². The minimum Gasteiger partial charge on any atom is -0.340 e. The first kappa shape index (κ1) is 19.2. The summed E-state index contributed by atoms with van der Waals surface area (Å²) in [6.45, 7) is 3.70. The summed E-state index contributed by atoms with van der Waals surface area (Å²) in [5, 5.41) is 1.06. The molecule has 0 bridgehead atoms. The van der Waals surface area contributed by atoms with Gasteiger partial charge in [-0.3, -0.25) is 9.59 Å². The van der Waals surface area contributed by atoms with Crippen LogP contribution < -0.4 is 0 Å². The summed E-state index contributed by atoms with van der Waals surface area (Å²) in [6, 6.07) is 20.0. The molecule has 0 aliphatic carbocycles. The van der Waals surface area contributed by atoms with E-state index in [0.29, 0.717) is 31.7 Å². The van der Waals surface area contributed by atoms with Crippen LogP contribution in [-0.4, -0.2) is 45.3 Å². The number of benzene rings is 2. The predicted molar refractivity (Wildman–Crippen MR) is 115 cm³/mol. The molecule has 0 radical (unpaired) electrons. The van der Waals surface area contributed by atoms with Gasteiger partial charge in [-0.2, -0.15) is 0 Å². The molecule has 1 aliphatic rings. The highest BCUT2D eigenvalue weighted by Crippen LogP contribution is 2.23. The van der Waals surface area contributed by atoms with Gasteiger partial charge in [-0.05, 0) is 24.1 Å². The molecule has 2 heterocycles. The quantitative estimate of drug-likeness (QED) is 0.681. The first-order valence-electron chi connectivity index (χ1n) is 10.3. The summed E-state index contributed by atoms with van der Waals surface area (Å²) >= 11 is 0. The van der Waals surface area contributed by atoms with Gasteiger partial charge in [0.15, 0.2) is 0 Å². The van der Waals surface area contributed by atoms with Gasteiger partial charge in [0.1, 0.15) is 5.69 Å². The number of aryl methyl sites for hydroxylation is 1. The van der Waals surface area contributed by atoms with E-state index in [4.69, 9.17) is 0 Å². The van der Waals surface area contributed by atoms with Crippen LogP contribution in [0.5, 0.6) is 0 Å². The van der Waals surface area contributed by atoms with Gasteiger partial charge in [-0.1, -0.05) is 55.5 Å². The first-order valence-corrected chi connectivity index (χ1v) is 10.3. The molecule has 5 heteroatoms. The fraction of sp³-hybridized carbons (Fsp3) is 0.333. The van der Waals surface area contributed by atoms with Crippen LogP contribution in [0.4, 0.5) is 0 Å². The Kier molecular flexibility index (Phi) is 5.38. The summed E-state index contributed by atoms with van der Waals surface area (Å²) in [5.41, 5.74) is 2.83. The lowest BCUT2D eigenvalue weighted by Crippen LogP contribution is -2.44. The van der Waals surface area contributed by atoms with Crippen molar-refractivity contribution in [3.05, 3.63) is 71.9 Å². The van der Waals surface area contributed by atoms with E-state index in [1.165, 1.54) is 0 Å². The summed E-state index contributed by atoms with van der Waals surface area (Å²) in [4.78, 5) is 30.0. The highest BCUT2D eigenvalue weighted by Gasteiger charge is 2.32. The number of amides is 2. The number of hydrogen-bond donors (Lipinski definition) is 0. The van der Waals surface area contributed by atoms with E-state index < -0.39 is 0 Å². The molecule has 4 rings (SSSR count). The monoisotopic (exact) mass is 389 g/mol. The molecule has 1 saturated heterocycles. The van der Waals surface area contributed by atoms with Crippen LogP contribution in [0.25, 0.3) is 10.9 Å². The minimum atomic E-state index is -0.00323. The predicted octanol–water partition coefficient (Wildman–Crippen LogP) is 3.83. The molecule has 0 spiro atoms. The summed E-state index contributed by atoms with van der Waals surface area (Å²) < 4.78 is 1.95. The summed E-state index contributed by atoms with van der Waals surface area (Å²) in [6.07, 6.45) is 1.18. The molecular weight excluding hydrogens is 362 g/mol. The van der Waals surface area contributed by atoms with Crippen molar-refractivity contribution in [2.75, 3.05) is 13.1 Å². The molecule has 1 fully saturated rings. The average molecular weight is 389 g/mol. The van der Waals surface area contributed by atoms with Crippen LogP contribution in [0.1, 0.15) is 35.8 Å². The maximum atomic E-state index is 13.4. The van der Waals surface area contributed by atoms with Crippen molar-refractivity contribution in [3.8, 4) is 0 Å². The number of fused-ring (bicyclic) bond motifs is 1. The second-order valence-corrected chi connectivity index (χ2v) is 7.72. The number of aromatic nitrogens is 1. The van der Waals surface area contributed by atoms with Crippen LogP contribution in [-0.2, 0) is 18.4 Å². The maximum absolute atomic E-state index is 13.4. The minimum absolute atomic E-state index is 0.00323. The van der Waals surface area contributed by atoms with Crippen molar-refractivity contribution in [2.45, 2.75) is 32.4 Å². The number of para-hydroxylation sites is 1. The molecule has 1 aromatic heterocycles. The van der Waals surface area contributed by atoms with Gasteiger partial charge in [0, 0.05) is 50.0 Å². The number of nitrogens with zero attached hydrogens (tertiary/aromatic N) is 3. The smallest absolute Gasteiger partial charge is 0.270 e. The molecule has 5 nitrogen and oxygen atoms in total. The van der Waals surface area contributed by atoms with E-state index in [1.807, 2.05) is 82.1 Å². The highest BCUT2D eigenvalue weighted by molar-refractivity contribution is 5.99. The van der Waals surface area contributed by atoms with E-state index in [-0.39, 0.29) is 17.9 Å². The van der Waals surface area contributed by atoms with Crippen molar-refractivity contribution >= 4 is 22.7 Å². The third-order valence-corrected chi connectivity index (χ3v) is 5.91. The molecule has 0 saturated carbocycles. The van der Waals surface area contributed by atoms with Crippen molar-refractivity contribution in [2.24, 2.45) is 7.05 Å². The lowest BCUT2D eigenvalue weighted by Gasteiger charge is -2.31. The largest absolute Gasteiger partial charge is 0.340 e. The Bertz CT molecular complexity index is 1030. The van der Waals surface area contributed by atoms with E-state index >= 15 is 0 Å². The highest BCUT2D eigenvalue weighted by atomic mass is 16.2. The van der Waals surface area contributed by atoms with Crippen LogP contribution in [0.15, 0.2) is 60.7 Å².